The van der Waals surface area contributed by atoms with E-state index in [9.17, 15) is 14.0 Å². The number of primary amides is 1. The predicted molar refractivity (Wildman–Crippen MR) is 69.6 cm³/mol. The highest BCUT2D eigenvalue weighted by atomic mass is 19.1. The Bertz CT molecular complexity index is 586. The third-order valence-corrected chi connectivity index (χ3v) is 2.87. The first kappa shape index (κ1) is 14.0. The van der Waals surface area contributed by atoms with Gasteiger partial charge in [0.05, 0.1) is 12.1 Å². The molecule has 106 valence electrons. The summed E-state index contributed by atoms with van der Waals surface area (Å²) in [5.74, 6) is -1.78. The number of benzene rings is 1. The molecule has 0 aliphatic carbocycles. The quantitative estimate of drug-likeness (QED) is 0.840. The second kappa shape index (κ2) is 5.68. The number of hydrogen-bond donors (Lipinski definition) is 2. The number of amides is 2. The standard InChI is InChI=1S/C13H14FN3O3/c1-7-2-3-10(14)9(4-7)13(19)16-6-8-5-11(12(15)18)17-20-8/h2-4,8H,5-6H2,1H3,(H2,15,18)(H,16,19)/t8-/m0/s1. The van der Waals surface area contributed by atoms with Crippen molar-refractivity contribution in [1.82, 2.24) is 5.32 Å². The molecule has 0 saturated carbocycles. The van der Waals surface area contributed by atoms with Crippen molar-refractivity contribution in [2.24, 2.45) is 10.9 Å². The van der Waals surface area contributed by atoms with Gasteiger partial charge in [0.15, 0.2) is 6.10 Å². The van der Waals surface area contributed by atoms with E-state index in [0.717, 1.165) is 5.56 Å². The Morgan fingerprint density at radius 2 is 2.30 bits per heavy atom. The van der Waals surface area contributed by atoms with Crippen molar-refractivity contribution in [3.8, 4) is 0 Å². The second-order valence-corrected chi connectivity index (χ2v) is 4.53. The first-order valence-electron chi connectivity index (χ1n) is 6.04. The number of nitrogens with two attached hydrogens (primary N) is 1. The van der Waals surface area contributed by atoms with Crippen molar-refractivity contribution in [3.63, 3.8) is 0 Å². The number of oxime groups is 1. The van der Waals surface area contributed by atoms with Crippen LogP contribution in [0.4, 0.5) is 4.39 Å². The van der Waals surface area contributed by atoms with E-state index in [0.29, 0.717) is 0 Å². The maximum absolute atomic E-state index is 13.5. The summed E-state index contributed by atoms with van der Waals surface area (Å²) in [6.07, 6.45) is -0.236. The van der Waals surface area contributed by atoms with Crippen LogP contribution in [0.3, 0.4) is 0 Å². The van der Waals surface area contributed by atoms with Crippen LogP contribution in [0.25, 0.3) is 0 Å². The zero-order chi connectivity index (χ0) is 14.7. The number of aryl methyl sites for hydroxylation is 1. The van der Waals surface area contributed by atoms with Crippen LogP contribution < -0.4 is 11.1 Å². The summed E-state index contributed by atoms with van der Waals surface area (Å²) in [6.45, 7) is 1.88. The molecule has 1 atom stereocenters. The van der Waals surface area contributed by atoms with E-state index in [-0.39, 0.29) is 24.2 Å². The van der Waals surface area contributed by atoms with Crippen molar-refractivity contribution in [1.29, 1.82) is 0 Å². The van der Waals surface area contributed by atoms with E-state index in [1.807, 2.05) is 0 Å². The van der Waals surface area contributed by atoms with Crippen molar-refractivity contribution < 1.29 is 18.8 Å². The number of nitrogens with zero attached hydrogens (tertiary/aromatic N) is 1. The molecule has 1 aromatic rings. The zero-order valence-corrected chi connectivity index (χ0v) is 10.9. The Morgan fingerprint density at radius 3 is 2.95 bits per heavy atom. The SMILES string of the molecule is Cc1ccc(F)c(C(=O)NC[C@@H]2CC(C(N)=O)=NO2)c1. The molecule has 1 aliphatic heterocycles. The Labute approximate surface area is 114 Å². The fourth-order valence-corrected chi connectivity index (χ4v) is 1.80. The summed E-state index contributed by atoms with van der Waals surface area (Å²) in [5.41, 5.74) is 5.94. The van der Waals surface area contributed by atoms with Crippen LogP contribution in [-0.2, 0) is 9.63 Å². The van der Waals surface area contributed by atoms with Gasteiger partial charge < -0.3 is 15.9 Å². The monoisotopic (exact) mass is 279 g/mol. The van der Waals surface area contributed by atoms with Gasteiger partial charge in [-0.25, -0.2) is 4.39 Å². The summed E-state index contributed by atoms with van der Waals surface area (Å²) in [5, 5.41) is 6.05. The molecule has 2 rings (SSSR count). The van der Waals surface area contributed by atoms with Gasteiger partial charge in [-0.2, -0.15) is 0 Å². The molecule has 0 saturated heterocycles. The number of rotatable bonds is 4. The van der Waals surface area contributed by atoms with Gasteiger partial charge in [-0.15, -0.1) is 0 Å². The smallest absolute Gasteiger partial charge is 0.266 e. The van der Waals surface area contributed by atoms with Gasteiger partial charge >= 0.3 is 0 Å². The average molecular weight is 279 g/mol. The minimum absolute atomic E-state index is 0.0287. The Balaban J connectivity index is 1.91. The maximum atomic E-state index is 13.5. The van der Waals surface area contributed by atoms with Gasteiger partial charge in [-0.05, 0) is 19.1 Å². The van der Waals surface area contributed by atoms with Crippen LogP contribution in [0.1, 0.15) is 22.3 Å². The fraction of sp³-hybridized carbons (Fsp3) is 0.308. The highest BCUT2D eigenvalue weighted by Crippen LogP contribution is 2.12. The normalized spacial score (nSPS) is 17.3. The first-order valence-corrected chi connectivity index (χ1v) is 6.04. The molecule has 0 bridgehead atoms. The minimum Gasteiger partial charge on any atom is -0.390 e. The molecule has 7 heteroatoms. The van der Waals surface area contributed by atoms with E-state index < -0.39 is 23.7 Å². The lowest BCUT2D eigenvalue weighted by Gasteiger charge is -2.10. The topological polar surface area (TPSA) is 93.8 Å². The van der Waals surface area contributed by atoms with Gasteiger partial charge in [0, 0.05) is 6.42 Å². The van der Waals surface area contributed by atoms with Gasteiger partial charge in [0.1, 0.15) is 11.5 Å². The molecule has 6 nitrogen and oxygen atoms in total. The fourth-order valence-electron chi connectivity index (χ4n) is 1.80. The van der Waals surface area contributed by atoms with Crippen molar-refractivity contribution in [3.05, 3.63) is 35.1 Å². The summed E-state index contributed by atoms with van der Waals surface area (Å²) >= 11 is 0. The van der Waals surface area contributed by atoms with Crippen LogP contribution in [0.15, 0.2) is 23.4 Å². The van der Waals surface area contributed by atoms with Gasteiger partial charge in [0.25, 0.3) is 11.8 Å². The van der Waals surface area contributed by atoms with E-state index in [2.05, 4.69) is 10.5 Å². The van der Waals surface area contributed by atoms with E-state index in [1.54, 1.807) is 13.0 Å². The number of hydrogen-bond acceptors (Lipinski definition) is 4. The number of halogens is 1. The third-order valence-electron chi connectivity index (χ3n) is 2.87. The molecule has 2 amide bonds. The van der Waals surface area contributed by atoms with Crippen molar-refractivity contribution in [2.75, 3.05) is 6.54 Å². The molecule has 3 N–H and O–H groups in total. The molecular formula is C13H14FN3O3. The van der Waals surface area contributed by atoms with Crippen LogP contribution >= 0.6 is 0 Å². The minimum atomic E-state index is -0.649. The molecule has 0 aromatic heterocycles. The molecule has 0 radical (unpaired) electrons. The highest BCUT2D eigenvalue weighted by molar-refractivity contribution is 6.38. The van der Waals surface area contributed by atoms with Crippen LogP contribution in [0.5, 0.6) is 0 Å². The molecular weight excluding hydrogens is 265 g/mol. The van der Waals surface area contributed by atoms with E-state index in [1.165, 1.54) is 12.1 Å². The van der Waals surface area contributed by atoms with Crippen LogP contribution in [0, 0.1) is 12.7 Å². The lowest BCUT2D eigenvalue weighted by molar-refractivity contribution is -0.112. The molecule has 0 spiro atoms. The largest absolute Gasteiger partial charge is 0.390 e. The van der Waals surface area contributed by atoms with Gasteiger partial charge in [0.2, 0.25) is 0 Å². The Kier molecular flexibility index (Phi) is 3.97. The van der Waals surface area contributed by atoms with Crippen molar-refractivity contribution >= 4 is 17.5 Å². The Morgan fingerprint density at radius 1 is 1.55 bits per heavy atom. The molecule has 1 heterocycles. The van der Waals surface area contributed by atoms with Crippen LogP contribution in [-0.4, -0.2) is 30.2 Å². The molecule has 1 aromatic carbocycles. The third kappa shape index (κ3) is 3.11. The summed E-state index contributed by atoms with van der Waals surface area (Å²) in [4.78, 5) is 27.7. The highest BCUT2D eigenvalue weighted by Gasteiger charge is 2.25. The predicted octanol–water partition coefficient (Wildman–Crippen LogP) is 0.494. The maximum Gasteiger partial charge on any atom is 0.266 e. The molecule has 0 unspecified atom stereocenters. The first-order chi connectivity index (χ1) is 9.47. The molecule has 20 heavy (non-hydrogen) atoms. The summed E-state index contributed by atoms with van der Waals surface area (Å²) < 4.78 is 13.5. The lowest BCUT2D eigenvalue weighted by atomic mass is 10.1. The second-order valence-electron chi connectivity index (χ2n) is 4.53. The van der Waals surface area contributed by atoms with Crippen LogP contribution in [0.2, 0.25) is 0 Å². The summed E-state index contributed by atoms with van der Waals surface area (Å²) in [6, 6.07) is 4.29. The number of carbonyl (C=O) groups excluding carboxylic acids is 2. The summed E-state index contributed by atoms with van der Waals surface area (Å²) in [7, 11) is 0. The van der Waals surface area contributed by atoms with E-state index >= 15 is 0 Å². The van der Waals surface area contributed by atoms with Crippen molar-refractivity contribution in [2.45, 2.75) is 19.4 Å². The molecule has 1 aliphatic rings. The molecule has 0 fully saturated rings. The lowest BCUT2D eigenvalue weighted by Crippen LogP contribution is -2.33. The van der Waals surface area contributed by atoms with Gasteiger partial charge in [-0.1, -0.05) is 16.8 Å². The number of nitrogens with one attached hydrogen (secondary N) is 1. The average Bonchev–Trinajstić information content (AvgIpc) is 2.88. The van der Waals surface area contributed by atoms with Gasteiger partial charge in [-0.3, -0.25) is 9.59 Å². The Hall–Kier alpha value is -2.44. The zero-order valence-electron chi connectivity index (χ0n) is 10.9. The van der Waals surface area contributed by atoms with E-state index in [4.69, 9.17) is 10.6 Å². The number of carbonyl (C=O) groups is 2.